The van der Waals surface area contributed by atoms with Crippen molar-refractivity contribution in [2.24, 2.45) is 0 Å². The molecule has 1 unspecified atom stereocenters. The number of methoxy groups -OCH3 is 1. The van der Waals surface area contributed by atoms with Crippen molar-refractivity contribution >= 4 is 44.0 Å². The van der Waals surface area contributed by atoms with Crippen molar-refractivity contribution in [3.05, 3.63) is 81.0 Å². The number of likely N-dealkylation sites (N-methyl/N-ethyl adjacent to an activating group) is 1. The Morgan fingerprint density at radius 1 is 1.11 bits per heavy atom. The maximum absolute atomic E-state index is 13.9. The molecule has 8 heteroatoms. The standard InChI is InChI=1S/C27H27N3O4S/c1-29-13-12-18(14-29)28-26(32)25-20(16-34-2)23-24(35-25)19-10-6-7-11-21(19)30(27(23)33)15-22(31)17-8-4-3-5-9-17/h3-11,18H,12-16H2,1-2H3,(H,28,32). The number of nitrogens with zero attached hydrogens (tertiary/aromatic N) is 2. The summed E-state index contributed by atoms with van der Waals surface area (Å²) < 4.78 is 7.70. The summed E-state index contributed by atoms with van der Waals surface area (Å²) in [5.41, 5.74) is 1.51. The van der Waals surface area contributed by atoms with Gasteiger partial charge < -0.3 is 15.0 Å². The van der Waals surface area contributed by atoms with Crippen molar-refractivity contribution in [1.82, 2.24) is 14.8 Å². The maximum Gasteiger partial charge on any atom is 0.262 e. The van der Waals surface area contributed by atoms with Crippen molar-refractivity contribution < 1.29 is 14.3 Å². The highest BCUT2D eigenvalue weighted by molar-refractivity contribution is 7.22. The first-order valence-electron chi connectivity index (χ1n) is 11.6. The van der Waals surface area contributed by atoms with Gasteiger partial charge in [-0.05, 0) is 26.1 Å². The van der Waals surface area contributed by atoms with Crippen molar-refractivity contribution in [1.29, 1.82) is 0 Å². The Kier molecular flexibility index (Phi) is 6.51. The van der Waals surface area contributed by atoms with Crippen LogP contribution in [0.3, 0.4) is 0 Å². The summed E-state index contributed by atoms with van der Waals surface area (Å²) in [5, 5.41) is 4.42. The van der Waals surface area contributed by atoms with E-state index in [9.17, 15) is 14.4 Å². The molecule has 35 heavy (non-hydrogen) atoms. The summed E-state index contributed by atoms with van der Waals surface area (Å²) >= 11 is 1.32. The van der Waals surface area contributed by atoms with Crippen LogP contribution in [0.4, 0.5) is 0 Å². The van der Waals surface area contributed by atoms with Gasteiger partial charge >= 0.3 is 0 Å². The quantitative estimate of drug-likeness (QED) is 0.401. The van der Waals surface area contributed by atoms with Gasteiger partial charge in [-0.1, -0.05) is 48.5 Å². The van der Waals surface area contributed by atoms with E-state index in [1.165, 1.54) is 15.9 Å². The molecule has 2 aromatic carbocycles. The molecule has 0 saturated carbocycles. The number of thiophene rings is 1. The lowest BCUT2D eigenvalue weighted by molar-refractivity contribution is 0.0936. The van der Waals surface area contributed by atoms with E-state index < -0.39 is 0 Å². The van der Waals surface area contributed by atoms with Gasteiger partial charge in [0.1, 0.15) is 0 Å². The number of benzene rings is 2. The molecule has 1 saturated heterocycles. The fourth-order valence-corrected chi connectivity index (χ4v) is 6.05. The molecule has 1 N–H and O–H groups in total. The number of aromatic nitrogens is 1. The summed E-state index contributed by atoms with van der Waals surface area (Å²) in [6.45, 7) is 1.78. The number of fused-ring (bicyclic) bond motifs is 3. The van der Waals surface area contributed by atoms with E-state index in [-0.39, 0.29) is 36.4 Å². The molecule has 1 fully saturated rings. The average molecular weight is 490 g/mol. The zero-order chi connectivity index (χ0) is 24.5. The number of Topliss-reactive ketones (excluding diaryl/α,β-unsaturated/α-hetero) is 1. The Labute approximate surface area is 206 Å². The van der Waals surface area contributed by atoms with Gasteiger partial charge in [0.25, 0.3) is 11.5 Å². The lowest BCUT2D eigenvalue weighted by Gasteiger charge is -2.13. The van der Waals surface area contributed by atoms with Gasteiger partial charge in [-0.15, -0.1) is 11.3 Å². The highest BCUT2D eigenvalue weighted by atomic mass is 32.1. The molecule has 4 aromatic rings. The third-order valence-corrected chi connectivity index (χ3v) is 7.79. The molecule has 1 amide bonds. The zero-order valence-corrected chi connectivity index (χ0v) is 20.6. The predicted octanol–water partition coefficient (Wildman–Crippen LogP) is 3.68. The van der Waals surface area contributed by atoms with E-state index >= 15 is 0 Å². The molecule has 1 aliphatic heterocycles. The molecule has 2 aromatic heterocycles. The third-order valence-electron chi connectivity index (χ3n) is 6.52. The Hall–Kier alpha value is -3.33. The highest BCUT2D eigenvalue weighted by Crippen LogP contribution is 2.35. The monoisotopic (exact) mass is 489 g/mol. The number of hydrogen-bond donors (Lipinski definition) is 1. The molecule has 0 aliphatic carbocycles. The Balaban J connectivity index is 1.65. The van der Waals surface area contributed by atoms with Gasteiger partial charge in [0.2, 0.25) is 0 Å². The molecule has 3 heterocycles. The number of hydrogen-bond acceptors (Lipinski definition) is 6. The number of likely N-dealkylation sites (tertiary alicyclic amines) is 1. The van der Waals surface area contributed by atoms with Crippen LogP contribution >= 0.6 is 11.3 Å². The van der Waals surface area contributed by atoms with Crippen molar-refractivity contribution in [3.8, 4) is 0 Å². The maximum atomic E-state index is 13.9. The first-order chi connectivity index (χ1) is 17.0. The van der Waals surface area contributed by atoms with Crippen LogP contribution < -0.4 is 10.9 Å². The molecular weight excluding hydrogens is 462 g/mol. The number of nitrogens with one attached hydrogen (secondary N) is 1. The predicted molar refractivity (Wildman–Crippen MR) is 138 cm³/mol. The topological polar surface area (TPSA) is 80.6 Å². The second-order valence-corrected chi connectivity index (χ2v) is 9.99. The summed E-state index contributed by atoms with van der Waals surface area (Å²) in [4.78, 5) is 42.9. The van der Waals surface area contributed by atoms with Crippen LogP contribution in [0, 0.1) is 0 Å². The molecular formula is C27H27N3O4S. The van der Waals surface area contributed by atoms with Gasteiger partial charge in [0, 0.05) is 36.2 Å². The summed E-state index contributed by atoms with van der Waals surface area (Å²) in [6, 6.07) is 16.6. The largest absolute Gasteiger partial charge is 0.380 e. The molecule has 5 rings (SSSR count). The Morgan fingerprint density at radius 2 is 1.86 bits per heavy atom. The van der Waals surface area contributed by atoms with E-state index in [1.807, 2.05) is 37.4 Å². The molecule has 180 valence electrons. The molecule has 0 bridgehead atoms. The Bertz CT molecular complexity index is 1470. The van der Waals surface area contributed by atoms with E-state index in [1.54, 1.807) is 31.4 Å². The summed E-state index contributed by atoms with van der Waals surface area (Å²) in [6.07, 6.45) is 0.893. The molecule has 0 radical (unpaired) electrons. The van der Waals surface area contributed by atoms with Gasteiger partial charge in [-0.2, -0.15) is 0 Å². The summed E-state index contributed by atoms with van der Waals surface area (Å²) in [7, 11) is 3.59. The van der Waals surface area contributed by atoms with E-state index in [4.69, 9.17) is 4.74 Å². The van der Waals surface area contributed by atoms with Gasteiger partial charge in [0.15, 0.2) is 5.78 Å². The number of rotatable bonds is 7. The van der Waals surface area contributed by atoms with Crippen LogP contribution in [0.1, 0.15) is 32.0 Å². The van der Waals surface area contributed by atoms with Crippen LogP contribution in [-0.2, 0) is 17.9 Å². The van der Waals surface area contributed by atoms with E-state index in [0.29, 0.717) is 26.9 Å². The number of pyridine rings is 1. The zero-order valence-electron chi connectivity index (χ0n) is 19.7. The van der Waals surface area contributed by atoms with Crippen LogP contribution in [0.15, 0.2) is 59.4 Å². The minimum absolute atomic E-state index is 0.0741. The lowest BCUT2D eigenvalue weighted by atomic mass is 10.1. The van der Waals surface area contributed by atoms with Gasteiger partial charge in [0.05, 0.1) is 33.6 Å². The van der Waals surface area contributed by atoms with Crippen LogP contribution in [0.2, 0.25) is 0 Å². The van der Waals surface area contributed by atoms with Gasteiger partial charge in [-0.25, -0.2) is 0 Å². The Morgan fingerprint density at radius 3 is 2.57 bits per heavy atom. The number of para-hydroxylation sites is 1. The SMILES string of the molecule is COCc1c(C(=O)NC2CCN(C)C2)sc2c1c(=O)n(CC(=O)c1ccccc1)c1ccccc21. The van der Waals surface area contributed by atoms with Crippen LogP contribution in [0.25, 0.3) is 21.0 Å². The fourth-order valence-electron chi connectivity index (χ4n) is 4.81. The molecule has 0 spiro atoms. The highest BCUT2D eigenvalue weighted by Gasteiger charge is 2.27. The second-order valence-electron chi connectivity index (χ2n) is 8.97. The number of carbonyl (C=O) groups is 2. The molecule has 7 nitrogen and oxygen atoms in total. The molecule has 1 atom stereocenters. The first-order valence-corrected chi connectivity index (χ1v) is 12.4. The van der Waals surface area contributed by atoms with Crippen molar-refractivity contribution in [2.45, 2.75) is 25.6 Å². The number of ether oxygens (including phenoxy) is 1. The number of ketones is 1. The lowest BCUT2D eigenvalue weighted by Crippen LogP contribution is -2.36. The van der Waals surface area contributed by atoms with Crippen molar-refractivity contribution in [2.75, 3.05) is 27.2 Å². The number of carbonyl (C=O) groups excluding carboxylic acids is 2. The minimum atomic E-state index is -0.286. The third kappa shape index (κ3) is 4.40. The van der Waals surface area contributed by atoms with Crippen LogP contribution in [-0.4, -0.2) is 54.4 Å². The summed E-state index contributed by atoms with van der Waals surface area (Å²) in [5.74, 6) is -0.335. The molecule has 1 aliphatic rings. The average Bonchev–Trinajstić information content (AvgIpc) is 3.46. The first kappa shape index (κ1) is 23.4. The second kappa shape index (κ2) is 9.73. The van der Waals surface area contributed by atoms with E-state index in [2.05, 4.69) is 10.2 Å². The fraction of sp³-hybridized carbons (Fsp3) is 0.296. The smallest absolute Gasteiger partial charge is 0.262 e. The van der Waals surface area contributed by atoms with E-state index in [0.717, 1.165) is 29.6 Å². The normalized spacial score (nSPS) is 16.2. The van der Waals surface area contributed by atoms with Crippen molar-refractivity contribution in [3.63, 3.8) is 0 Å². The van der Waals surface area contributed by atoms with Crippen LogP contribution in [0.5, 0.6) is 0 Å². The van der Waals surface area contributed by atoms with Gasteiger partial charge in [-0.3, -0.25) is 19.0 Å². The minimum Gasteiger partial charge on any atom is -0.380 e. The number of amides is 1.